The zero-order chi connectivity index (χ0) is 17.9. The van der Waals surface area contributed by atoms with E-state index in [0.29, 0.717) is 5.95 Å². The Hall–Kier alpha value is -3.00. The Kier molecular flexibility index (Phi) is 4.49. The number of imidazole rings is 1. The molecule has 0 bridgehead atoms. The summed E-state index contributed by atoms with van der Waals surface area (Å²) in [6, 6.07) is 5.95. The van der Waals surface area contributed by atoms with E-state index in [1.165, 1.54) is 10.9 Å². The molecule has 0 amide bonds. The SMILES string of the molecule is CCc1cc(Nc2ncc(F)c(-n3ccnc3)n2)cc(OC2CNC2)c1. The van der Waals surface area contributed by atoms with E-state index in [2.05, 4.69) is 32.5 Å². The molecule has 7 nitrogen and oxygen atoms in total. The molecule has 26 heavy (non-hydrogen) atoms. The lowest BCUT2D eigenvalue weighted by atomic mass is 10.1. The van der Waals surface area contributed by atoms with Crippen LogP contribution in [0.25, 0.3) is 5.82 Å². The highest BCUT2D eigenvalue weighted by Gasteiger charge is 2.18. The second-order valence-electron chi connectivity index (χ2n) is 6.08. The van der Waals surface area contributed by atoms with Gasteiger partial charge in [0.15, 0.2) is 11.6 Å². The second-order valence-corrected chi connectivity index (χ2v) is 6.08. The summed E-state index contributed by atoms with van der Waals surface area (Å²) in [7, 11) is 0. The summed E-state index contributed by atoms with van der Waals surface area (Å²) in [5.41, 5.74) is 1.93. The third-order valence-corrected chi connectivity index (χ3v) is 4.15. The van der Waals surface area contributed by atoms with Gasteiger partial charge in [-0.1, -0.05) is 6.92 Å². The van der Waals surface area contributed by atoms with Gasteiger partial charge in [-0.25, -0.2) is 14.4 Å². The van der Waals surface area contributed by atoms with E-state index in [1.807, 2.05) is 18.2 Å². The molecule has 1 aromatic carbocycles. The van der Waals surface area contributed by atoms with Gasteiger partial charge in [-0.2, -0.15) is 4.98 Å². The molecule has 1 aliphatic heterocycles. The molecule has 3 heterocycles. The molecule has 0 saturated carbocycles. The molecule has 8 heteroatoms. The molecule has 0 aliphatic carbocycles. The van der Waals surface area contributed by atoms with Crippen LogP contribution in [0.4, 0.5) is 16.0 Å². The van der Waals surface area contributed by atoms with Crippen molar-refractivity contribution in [3.63, 3.8) is 0 Å². The minimum Gasteiger partial charge on any atom is -0.488 e. The van der Waals surface area contributed by atoms with Crippen molar-refractivity contribution >= 4 is 11.6 Å². The molecule has 3 aromatic rings. The number of benzene rings is 1. The first-order chi connectivity index (χ1) is 12.7. The van der Waals surface area contributed by atoms with E-state index in [4.69, 9.17) is 4.74 Å². The number of halogens is 1. The number of aryl methyl sites for hydroxylation is 1. The Morgan fingerprint density at radius 2 is 2.23 bits per heavy atom. The quantitative estimate of drug-likeness (QED) is 0.708. The predicted molar refractivity (Wildman–Crippen MR) is 95.5 cm³/mol. The molecule has 1 fully saturated rings. The Morgan fingerprint density at radius 3 is 2.92 bits per heavy atom. The van der Waals surface area contributed by atoms with E-state index in [1.54, 1.807) is 12.4 Å². The van der Waals surface area contributed by atoms with Crippen molar-refractivity contribution < 1.29 is 9.13 Å². The van der Waals surface area contributed by atoms with Crippen molar-refractivity contribution in [2.75, 3.05) is 18.4 Å². The van der Waals surface area contributed by atoms with E-state index in [0.717, 1.165) is 42.7 Å². The Bertz CT molecular complexity index is 895. The van der Waals surface area contributed by atoms with Gasteiger partial charge in [0.05, 0.1) is 6.20 Å². The molecule has 0 spiro atoms. The van der Waals surface area contributed by atoms with Gasteiger partial charge in [-0.05, 0) is 24.1 Å². The van der Waals surface area contributed by atoms with Crippen molar-refractivity contribution in [1.82, 2.24) is 24.8 Å². The maximum absolute atomic E-state index is 14.0. The topological polar surface area (TPSA) is 76.9 Å². The highest BCUT2D eigenvalue weighted by molar-refractivity contribution is 5.58. The zero-order valence-corrected chi connectivity index (χ0v) is 14.3. The number of hydrogen-bond donors (Lipinski definition) is 2. The normalized spacial score (nSPS) is 14.1. The summed E-state index contributed by atoms with van der Waals surface area (Å²) >= 11 is 0. The minimum atomic E-state index is -0.516. The molecule has 4 rings (SSSR count). The Balaban J connectivity index is 1.60. The van der Waals surface area contributed by atoms with Crippen LogP contribution in [0.15, 0.2) is 43.1 Å². The molecular weight excluding hydrogens is 335 g/mol. The van der Waals surface area contributed by atoms with Crippen molar-refractivity contribution in [3.05, 3.63) is 54.5 Å². The van der Waals surface area contributed by atoms with Crippen LogP contribution in [0.5, 0.6) is 5.75 Å². The van der Waals surface area contributed by atoms with Crippen LogP contribution in [0.3, 0.4) is 0 Å². The minimum absolute atomic E-state index is 0.142. The predicted octanol–water partition coefficient (Wildman–Crippen LogP) is 2.46. The van der Waals surface area contributed by atoms with E-state index in [-0.39, 0.29) is 11.9 Å². The van der Waals surface area contributed by atoms with Crippen molar-refractivity contribution in [3.8, 4) is 11.6 Å². The number of aromatic nitrogens is 4. The third-order valence-electron chi connectivity index (χ3n) is 4.15. The number of ether oxygens (including phenoxy) is 1. The summed E-state index contributed by atoms with van der Waals surface area (Å²) in [4.78, 5) is 12.2. The highest BCUT2D eigenvalue weighted by Crippen LogP contribution is 2.25. The lowest BCUT2D eigenvalue weighted by molar-refractivity contribution is 0.142. The first-order valence-electron chi connectivity index (χ1n) is 8.50. The molecular formula is C18H19FN6O. The maximum Gasteiger partial charge on any atom is 0.229 e. The molecule has 0 unspecified atom stereocenters. The summed E-state index contributed by atoms with van der Waals surface area (Å²) in [5, 5.41) is 6.33. The summed E-state index contributed by atoms with van der Waals surface area (Å²) in [6.45, 7) is 3.79. The fraction of sp³-hybridized carbons (Fsp3) is 0.278. The standard InChI is InChI=1S/C18H19FN6O/c1-2-12-5-13(7-14(6-12)26-15-8-21-9-15)23-18-22-10-16(19)17(24-18)25-4-3-20-11-25/h3-7,10-11,15,21H,2,8-9H2,1H3,(H,22,23,24). The number of hydrogen-bond acceptors (Lipinski definition) is 6. The van der Waals surface area contributed by atoms with Crippen LogP contribution < -0.4 is 15.4 Å². The molecule has 2 N–H and O–H groups in total. The average molecular weight is 354 g/mol. The monoisotopic (exact) mass is 354 g/mol. The van der Waals surface area contributed by atoms with Crippen LogP contribution in [0.2, 0.25) is 0 Å². The van der Waals surface area contributed by atoms with Crippen LogP contribution in [0.1, 0.15) is 12.5 Å². The fourth-order valence-corrected chi connectivity index (χ4v) is 2.66. The van der Waals surface area contributed by atoms with Gasteiger partial charge in [0, 0.05) is 37.2 Å². The van der Waals surface area contributed by atoms with E-state index in [9.17, 15) is 4.39 Å². The summed E-state index contributed by atoms with van der Waals surface area (Å²) < 4.78 is 21.5. The summed E-state index contributed by atoms with van der Waals surface area (Å²) in [6.07, 6.45) is 6.91. The van der Waals surface area contributed by atoms with Crippen molar-refractivity contribution in [2.45, 2.75) is 19.4 Å². The molecule has 1 aliphatic rings. The maximum atomic E-state index is 14.0. The number of nitrogens with zero attached hydrogens (tertiary/aromatic N) is 4. The van der Waals surface area contributed by atoms with Gasteiger partial charge >= 0.3 is 0 Å². The van der Waals surface area contributed by atoms with E-state index < -0.39 is 5.82 Å². The van der Waals surface area contributed by atoms with Gasteiger partial charge in [0.25, 0.3) is 0 Å². The number of rotatable bonds is 6. The van der Waals surface area contributed by atoms with Gasteiger partial charge in [0.2, 0.25) is 5.95 Å². The van der Waals surface area contributed by atoms with E-state index >= 15 is 0 Å². The van der Waals surface area contributed by atoms with Gasteiger partial charge in [-0.3, -0.25) is 4.57 Å². The van der Waals surface area contributed by atoms with Crippen LogP contribution in [-0.4, -0.2) is 38.7 Å². The third kappa shape index (κ3) is 3.50. The zero-order valence-electron chi connectivity index (χ0n) is 14.3. The van der Waals surface area contributed by atoms with Crippen LogP contribution in [0, 0.1) is 5.82 Å². The average Bonchev–Trinajstić information content (AvgIpc) is 3.14. The molecule has 1 saturated heterocycles. The lowest BCUT2D eigenvalue weighted by Gasteiger charge is -2.28. The first kappa shape index (κ1) is 16.5. The largest absolute Gasteiger partial charge is 0.488 e. The summed E-state index contributed by atoms with van der Waals surface area (Å²) in [5.74, 6) is 0.732. The van der Waals surface area contributed by atoms with Gasteiger partial charge in [-0.15, -0.1) is 0 Å². The van der Waals surface area contributed by atoms with Gasteiger partial charge < -0.3 is 15.4 Å². The van der Waals surface area contributed by atoms with Crippen molar-refractivity contribution in [1.29, 1.82) is 0 Å². The molecule has 0 atom stereocenters. The number of nitrogens with one attached hydrogen (secondary N) is 2. The van der Waals surface area contributed by atoms with Gasteiger partial charge in [0.1, 0.15) is 18.2 Å². The number of anilines is 2. The Labute approximate surface area is 150 Å². The smallest absolute Gasteiger partial charge is 0.229 e. The highest BCUT2D eigenvalue weighted by atomic mass is 19.1. The lowest BCUT2D eigenvalue weighted by Crippen LogP contribution is -2.50. The second kappa shape index (κ2) is 7.09. The van der Waals surface area contributed by atoms with Crippen LogP contribution in [-0.2, 0) is 6.42 Å². The fourth-order valence-electron chi connectivity index (χ4n) is 2.66. The molecule has 134 valence electrons. The molecule has 2 aromatic heterocycles. The van der Waals surface area contributed by atoms with Crippen LogP contribution >= 0.6 is 0 Å². The molecule has 0 radical (unpaired) electrons. The Morgan fingerprint density at radius 1 is 1.35 bits per heavy atom. The first-order valence-corrected chi connectivity index (χ1v) is 8.50. The van der Waals surface area contributed by atoms with Crippen molar-refractivity contribution in [2.24, 2.45) is 0 Å².